The zero-order valence-electron chi connectivity index (χ0n) is 19.6. The fraction of sp³-hybridized carbons (Fsp3) is 0.458. The molecule has 3 atom stereocenters. The van der Waals surface area contributed by atoms with Crippen molar-refractivity contribution in [1.29, 1.82) is 0 Å². The first kappa shape index (κ1) is 25.5. The van der Waals surface area contributed by atoms with Crippen molar-refractivity contribution in [3.8, 4) is 5.75 Å². The van der Waals surface area contributed by atoms with E-state index in [-0.39, 0.29) is 48.6 Å². The highest BCUT2D eigenvalue weighted by atomic mass is 32.2. The number of pyridine rings is 1. The molecule has 0 unspecified atom stereocenters. The summed E-state index contributed by atoms with van der Waals surface area (Å²) in [7, 11) is 0. The Labute approximate surface area is 212 Å². The molecule has 5 N–H and O–H groups in total. The second-order valence-corrected chi connectivity index (χ2v) is 9.95. The molecule has 2 fully saturated rings. The van der Waals surface area contributed by atoms with Crippen LogP contribution in [0.3, 0.4) is 0 Å². The summed E-state index contributed by atoms with van der Waals surface area (Å²) in [5.41, 5.74) is 0.609. The lowest BCUT2D eigenvalue weighted by molar-refractivity contribution is -0.139. The molecule has 11 nitrogen and oxygen atoms in total. The van der Waals surface area contributed by atoms with Gasteiger partial charge in [-0.25, -0.2) is 14.6 Å². The lowest BCUT2D eigenvalue weighted by Gasteiger charge is -2.16. The number of fused-ring (bicyclic) bond motifs is 2. The number of aliphatic carboxylic acids is 1. The number of hydrogen-bond donors (Lipinski definition) is 5. The minimum atomic E-state index is -1.12. The zero-order chi connectivity index (χ0) is 25.5. The number of aromatic nitrogens is 1. The average Bonchev–Trinajstić information content (AvgIpc) is 3.41. The molecule has 0 bridgehead atoms. The molecule has 36 heavy (non-hydrogen) atoms. The van der Waals surface area contributed by atoms with Gasteiger partial charge in [0.15, 0.2) is 6.61 Å². The van der Waals surface area contributed by atoms with Crippen molar-refractivity contribution in [2.75, 3.05) is 25.4 Å². The Morgan fingerprint density at radius 2 is 1.94 bits per heavy atom. The SMILES string of the molecule is O=C(O)COc1cc(C(=O)NCCNC(=O)CCCC[C@@H]2SC[C@@H]3NC(=O)N[C@@H]32)nc2ccccc12. The fourth-order valence-electron chi connectivity index (χ4n) is 4.35. The molecule has 3 heterocycles. The number of nitrogens with one attached hydrogen (secondary N) is 4. The molecule has 0 aliphatic carbocycles. The van der Waals surface area contributed by atoms with E-state index in [1.54, 1.807) is 24.3 Å². The highest BCUT2D eigenvalue weighted by Gasteiger charge is 2.42. The number of carbonyl (C=O) groups is 4. The number of carboxylic acid groups (broad SMARTS) is 1. The number of hydrogen-bond acceptors (Lipinski definition) is 7. The Bertz CT molecular complexity index is 1150. The molecular weight excluding hydrogens is 486 g/mol. The van der Waals surface area contributed by atoms with Gasteiger partial charge >= 0.3 is 12.0 Å². The van der Waals surface area contributed by atoms with E-state index in [0.717, 1.165) is 25.0 Å². The number of thioether (sulfide) groups is 1. The predicted octanol–water partition coefficient (Wildman–Crippen LogP) is 1.27. The van der Waals surface area contributed by atoms with Gasteiger partial charge in [0, 0.05) is 42.0 Å². The number of unbranched alkanes of at least 4 members (excludes halogenated alkanes) is 1. The van der Waals surface area contributed by atoms with Gasteiger partial charge in [-0.05, 0) is 25.0 Å². The summed E-state index contributed by atoms with van der Waals surface area (Å²) in [6, 6.07) is 8.70. The number of benzene rings is 1. The number of para-hydroxylation sites is 1. The Morgan fingerprint density at radius 3 is 2.78 bits per heavy atom. The first-order valence-corrected chi connectivity index (χ1v) is 12.9. The number of ether oxygens (including phenoxy) is 1. The third kappa shape index (κ3) is 6.56. The molecule has 1 aromatic carbocycles. The van der Waals surface area contributed by atoms with Crippen LogP contribution in [-0.4, -0.2) is 76.7 Å². The van der Waals surface area contributed by atoms with Crippen molar-refractivity contribution in [3.63, 3.8) is 0 Å². The number of rotatable bonds is 12. The topological polar surface area (TPSA) is 159 Å². The summed E-state index contributed by atoms with van der Waals surface area (Å²) >= 11 is 1.86. The van der Waals surface area contributed by atoms with Gasteiger partial charge in [-0.1, -0.05) is 18.6 Å². The molecule has 2 aromatic rings. The van der Waals surface area contributed by atoms with E-state index in [0.29, 0.717) is 22.6 Å². The molecule has 192 valence electrons. The van der Waals surface area contributed by atoms with Crippen LogP contribution >= 0.6 is 11.8 Å². The van der Waals surface area contributed by atoms with E-state index >= 15 is 0 Å². The molecule has 0 spiro atoms. The molecule has 2 saturated heterocycles. The Morgan fingerprint density at radius 1 is 1.14 bits per heavy atom. The molecule has 0 radical (unpaired) electrons. The predicted molar refractivity (Wildman–Crippen MR) is 134 cm³/mol. The summed E-state index contributed by atoms with van der Waals surface area (Å²) in [4.78, 5) is 51.3. The highest BCUT2D eigenvalue weighted by molar-refractivity contribution is 8.00. The van der Waals surface area contributed by atoms with Gasteiger partial charge in [0.1, 0.15) is 11.4 Å². The van der Waals surface area contributed by atoms with Crippen LogP contribution in [0.2, 0.25) is 0 Å². The van der Waals surface area contributed by atoms with Crippen molar-refractivity contribution in [2.45, 2.75) is 43.0 Å². The fourth-order valence-corrected chi connectivity index (χ4v) is 5.89. The Hall–Kier alpha value is -3.54. The first-order valence-electron chi connectivity index (χ1n) is 11.9. The van der Waals surface area contributed by atoms with Gasteiger partial charge in [0.2, 0.25) is 5.91 Å². The zero-order valence-corrected chi connectivity index (χ0v) is 20.4. The van der Waals surface area contributed by atoms with Crippen LogP contribution in [0, 0.1) is 0 Å². The number of amides is 4. The van der Waals surface area contributed by atoms with E-state index in [4.69, 9.17) is 9.84 Å². The first-order chi connectivity index (χ1) is 17.4. The molecule has 2 aliphatic rings. The molecule has 4 rings (SSSR count). The quantitative estimate of drug-likeness (QED) is 0.209. The van der Waals surface area contributed by atoms with Crippen LogP contribution in [0.5, 0.6) is 5.75 Å². The van der Waals surface area contributed by atoms with E-state index < -0.39 is 18.5 Å². The lowest BCUT2D eigenvalue weighted by atomic mass is 10.0. The number of urea groups is 1. The Kier molecular flexibility index (Phi) is 8.47. The standard InChI is InChI=1S/C24H29N5O6S/c30-20(8-4-3-7-19-22-17(13-36-19)28-24(34)29-22)25-9-10-26-23(33)16-11-18(35-12-21(31)32)14-5-1-2-6-15(14)27-16/h1-2,5-6,11,17,19,22H,3-4,7-10,12-13H2,(H,25,30)(H,26,33)(H,31,32)(H2,28,29,34)/t17-,19-,22-/m0/s1. The third-order valence-corrected chi connectivity index (χ3v) is 7.58. The molecule has 4 amide bonds. The van der Waals surface area contributed by atoms with Crippen LogP contribution in [0.15, 0.2) is 30.3 Å². The number of carboxylic acids is 1. The number of nitrogens with zero attached hydrogens (tertiary/aromatic N) is 1. The van der Waals surface area contributed by atoms with Crippen molar-refractivity contribution < 1.29 is 29.0 Å². The van der Waals surface area contributed by atoms with E-state index in [2.05, 4.69) is 26.3 Å². The van der Waals surface area contributed by atoms with Crippen molar-refractivity contribution in [3.05, 3.63) is 36.0 Å². The maximum absolute atomic E-state index is 12.6. The minimum absolute atomic E-state index is 0.0785. The normalized spacial score (nSPS) is 20.3. The van der Waals surface area contributed by atoms with Crippen molar-refractivity contribution in [1.82, 2.24) is 26.3 Å². The van der Waals surface area contributed by atoms with Gasteiger partial charge in [-0.3, -0.25) is 9.59 Å². The summed E-state index contributed by atoms with van der Waals surface area (Å²) < 4.78 is 5.33. The van der Waals surface area contributed by atoms with Crippen LogP contribution in [0.1, 0.15) is 36.2 Å². The van der Waals surface area contributed by atoms with Crippen LogP contribution in [0.25, 0.3) is 10.9 Å². The maximum atomic E-state index is 12.6. The van der Waals surface area contributed by atoms with Crippen molar-refractivity contribution >= 4 is 46.5 Å². The van der Waals surface area contributed by atoms with Gasteiger partial charge in [0.05, 0.1) is 17.6 Å². The summed E-state index contributed by atoms with van der Waals surface area (Å²) in [5.74, 6) is -0.463. The monoisotopic (exact) mass is 515 g/mol. The van der Waals surface area contributed by atoms with Crippen molar-refractivity contribution in [2.24, 2.45) is 0 Å². The average molecular weight is 516 g/mol. The van der Waals surface area contributed by atoms with Gasteiger partial charge in [0.25, 0.3) is 5.91 Å². The molecule has 2 aliphatic heterocycles. The van der Waals surface area contributed by atoms with Gasteiger partial charge < -0.3 is 31.1 Å². The van der Waals surface area contributed by atoms with Crippen LogP contribution < -0.4 is 26.0 Å². The third-order valence-electron chi connectivity index (χ3n) is 6.08. The second kappa shape index (κ2) is 11.9. The van der Waals surface area contributed by atoms with E-state index in [1.807, 2.05) is 11.8 Å². The van der Waals surface area contributed by atoms with Crippen LogP contribution in [0.4, 0.5) is 4.79 Å². The molecule has 12 heteroatoms. The summed E-state index contributed by atoms with van der Waals surface area (Å²) in [6.07, 6.45) is 3.02. The second-order valence-electron chi connectivity index (χ2n) is 8.68. The summed E-state index contributed by atoms with van der Waals surface area (Å²) in [5, 5.41) is 21.3. The van der Waals surface area contributed by atoms with Gasteiger partial charge in [-0.15, -0.1) is 0 Å². The smallest absolute Gasteiger partial charge is 0.341 e. The van der Waals surface area contributed by atoms with E-state index in [1.165, 1.54) is 6.07 Å². The minimum Gasteiger partial charge on any atom is -0.481 e. The molecular formula is C24H29N5O6S. The number of carbonyl (C=O) groups excluding carboxylic acids is 3. The molecule has 1 aromatic heterocycles. The van der Waals surface area contributed by atoms with Gasteiger partial charge in [-0.2, -0.15) is 11.8 Å². The summed E-state index contributed by atoms with van der Waals surface area (Å²) in [6.45, 7) is -0.0329. The highest BCUT2D eigenvalue weighted by Crippen LogP contribution is 2.33. The maximum Gasteiger partial charge on any atom is 0.341 e. The Balaban J connectivity index is 1.16. The largest absolute Gasteiger partial charge is 0.481 e. The van der Waals surface area contributed by atoms with Crippen LogP contribution in [-0.2, 0) is 9.59 Å². The lowest BCUT2D eigenvalue weighted by Crippen LogP contribution is -2.36. The van der Waals surface area contributed by atoms with E-state index in [9.17, 15) is 19.2 Å². The molecule has 0 saturated carbocycles.